The van der Waals surface area contributed by atoms with Crippen molar-refractivity contribution in [2.24, 2.45) is 5.92 Å². The van der Waals surface area contributed by atoms with Crippen molar-refractivity contribution in [2.75, 3.05) is 13.6 Å². The molecule has 5 nitrogen and oxygen atoms in total. The van der Waals surface area contributed by atoms with Gasteiger partial charge >= 0.3 is 0 Å². The largest absolute Gasteiger partial charge is 0.481 e. The molecule has 0 saturated heterocycles. The van der Waals surface area contributed by atoms with Crippen molar-refractivity contribution in [2.45, 2.75) is 64.1 Å². The fourth-order valence-electron chi connectivity index (χ4n) is 5.97. The zero-order chi connectivity index (χ0) is 27.4. The minimum atomic E-state index is -0.624. The van der Waals surface area contributed by atoms with E-state index in [1.165, 1.54) is 12.1 Å². The summed E-state index contributed by atoms with van der Waals surface area (Å²) >= 11 is 0. The number of carbonyl (C=O) groups excluding carboxylic acids is 2. The molecular weight excluding hydrogens is 491 g/mol. The van der Waals surface area contributed by atoms with E-state index in [2.05, 4.69) is 0 Å². The number of benzene rings is 3. The van der Waals surface area contributed by atoms with Crippen molar-refractivity contribution in [3.8, 4) is 5.75 Å². The van der Waals surface area contributed by atoms with Crippen LogP contribution in [0, 0.1) is 11.7 Å². The van der Waals surface area contributed by atoms with Gasteiger partial charge in [0.05, 0.1) is 6.04 Å². The Kier molecular flexibility index (Phi) is 8.30. The molecular formula is C33H37FN2O3. The SMILES string of the molecule is CC[C@@H](Oc1ccc2c(c1)[C@@H](c1ccc(F)cc1)N(C(=O)C1CCCC1)CC2)C(=O)N(C)Cc1ccccc1. The van der Waals surface area contributed by atoms with Gasteiger partial charge in [0, 0.05) is 26.1 Å². The summed E-state index contributed by atoms with van der Waals surface area (Å²) in [5, 5.41) is 0. The summed E-state index contributed by atoms with van der Waals surface area (Å²) < 4.78 is 20.1. The van der Waals surface area contributed by atoms with E-state index in [0.29, 0.717) is 25.3 Å². The van der Waals surface area contributed by atoms with E-state index >= 15 is 0 Å². The molecule has 0 aromatic heterocycles. The van der Waals surface area contributed by atoms with Crippen molar-refractivity contribution >= 4 is 11.8 Å². The van der Waals surface area contributed by atoms with Crippen LogP contribution < -0.4 is 4.74 Å². The molecule has 3 aromatic rings. The quantitative estimate of drug-likeness (QED) is 0.345. The van der Waals surface area contributed by atoms with Gasteiger partial charge < -0.3 is 14.5 Å². The van der Waals surface area contributed by atoms with Gasteiger partial charge in [0.2, 0.25) is 5.91 Å². The molecule has 1 heterocycles. The summed E-state index contributed by atoms with van der Waals surface area (Å²) in [4.78, 5) is 30.6. The van der Waals surface area contributed by atoms with Crippen LogP contribution in [0.2, 0.25) is 0 Å². The maximum Gasteiger partial charge on any atom is 0.263 e. The molecule has 204 valence electrons. The van der Waals surface area contributed by atoms with Crippen LogP contribution >= 0.6 is 0 Å². The van der Waals surface area contributed by atoms with Crippen molar-refractivity contribution in [1.29, 1.82) is 0 Å². The maximum atomic E-state index is 13.8. The molecule has 1 fully saturated rings. The van der Waals surface area contributed by atoms with Crippen LogP contribution in [-0.4, -0.2) is 41.3 Å². The molecule has 2 aliphatic rings. The van der Waals surface area contributed by atoms with E-state index in [0.717, 1.165) is 54.4 Å². The Bertz CT molecular complexity index is 1290. The molecule has 1 aliphatic heterocycles. The van der Waals surface area contributed by atoms with E-state index in [1.54, 1.807) is 24.1 Å². The first-order valence-electron chi connectivity index (χ1n) is 14.1. The smallest absolute Gasteiger partial charge is 0.263 e. The minimum absolute atomic E-state index is 0.0520. The zero-order valence-electron chi connectivity index (χ0n) is 22.8. The molecule has 0 bridgehead atoms. The van der Waals surface area contributed by atoms with Gasteiger partial charge in [0.1, 0.15) is 11.6 Å². The van der Waals surface area contributed by atoms with Gasteiger partial charge in [-0.25, -0.2) is 4.39 Å². The third-order valence-corrected chi connectivity index (χ3v) is 8.08. The number of carbonyl (C=O) groups is 2. The Morgan fingerprint density at radius 1 is 1.03 bits per heavy atom. The number of likely N-dealkylation sites (N-methyl/N-ethyl adjacent to an activating group) is 1. The van der Waals surface area contributed by atoms with Crippen LogP contribution in [-0.2, 0) is 22.6 Å². The van der Waals surface area contributed by atoms with Gasteiger partial charge in [-0.05, 0) is 72.2 Å². The van der Waals surface area contributed by atoms with E-state index in [1.807, 2.05) is 60.4 Å². The molecule has 0 N–H and O–H groups in total. The lowest BCUT2D eigenvalue weighted by molar-refractivity contribution is -0.138. The van der Waals surface area contributed by atoms with Gasteiger partial charge in [-0.3, -0.25) is 9.59 Å². The topological polar surface area (TPSA) is 49.9 Å². The zero-order valence-corrected chi connectivity index (χ0v) is 22.8. The number of hydrogen-bond acceptors (Lipinski definition) is 3. The minimum Gasteiger partial charge on any atom is -0.481 e. The molecule has 1 aliphatic carbocycles. The lowest BCUT2D eigenvalue weighted by atomic mass is 9.87. The highest BCUT2D eigenvalue weighted by atomic mass is 19.1. The summed E-state index contributed by atoms with van der Waals surface area (Å²) in [6, 6.07) is 22.0. The molecule has 0 unspecified atom stereocenters. The Balaban J connectivity index is 1.41. The fourth-order valence-corrected chi connectivity index (χ4v) is 5.97. The molecule has 6 heteroatoms. The van der Waals surface area contributed by atoms with Crippen LogP contribution in [0.5, 0.6) is 5.75 Å². The van der Waals surface area contributed by atoms with Crippen LogP contribution in [0.25, 0.3) is 0 Å². The second kappa shape index (κ2) is 12.0. The normalized spacial score (nSPS) is 17.9. The second-order valence-corrected chi connectivity index (χ2v) is 10.8. The lowest BCUT2D eigenvalue weighted by Gasteiger charge is -2.39. The van der Waals surface area contributed by atoms with E-state index < -0.39 is 6.10 Å². The first kappa shape index (κ1) is 26.9. The third kappa shape index (κ3) is 6.00. The molecule has 39 heavy (non-hydrogen) atoms. The van der Waals surface area contributed by atoms with Crippen LogP contribution in [0.15, 0.2) is 72.8 Å². The Morgan fingerprint density at radius 2 is 1.74 bits per heavy atom. The maximum absolute atomic E-state index is 13.8. The summed E-state index contributed by atoms with van der Waals surface area (Å²) in [5.41, 5.74) is 4.07. The number of amides is 2. The Morgan fingerprint density at radius 3 is 2.44 bits per heavy atom. The first-order chi connectivity index (χ1) is 18.9. The Labute approximate surface area is 230 Å². The number of ether oxygens (including phenoxy) is 1. The van der Waals surface area contributed by atoms with Gasteiger partial charge in [0.15, 0.2) is 6.10 Å². The molecule has 1 saturated carbocycles. The highest BCUT2D eigenvalue weighted by molar-refractivity contribution is 5.81. The fraction of sp³-hybridized carbons (Fsp3) is 0.394. The average Bonchev–Trinajstić information content (AvgIpc) is 3.51. The van der Waals surface area contributed by atoms with Crippen LogP contribution in [0.1, 0.15) is 67.3 Å². The first-order valence-corrected chi connectivity index (χ1v) is 14.1. The second-order valence-electron chi connectivity index (χ2n) is 10.8. The molecule has 0 radical (unpaired) electrons. The highest BCUT2D eigenvalue weighted by Gasteiger charge is 2.36. The third-order valence-electron chi connectivity index (χ3n) is 8.08. The molecule has 2 atom stereocenters. The number of rotatable bonds is 8. The van der Waals surface area contributed by atoms with Gasteiger partial charge in [-0.1, -0.05) is 68.3 Å². The summed E-state index contributed by atoms with van der Waals surface area (Å²) in [5.74, 6) is 0.458. The lowest BCUT2D eigenvalue weighted by Crippen LogP contribution is -2.43. The number of fused-ring (bicyclic) bond motifs is 1. The monoisotopic (exact) mass is 528 g/mol. The summed E-state index contributed by atoms with van der Waals surface area (Å²) in [6.07, 6.45) is 4.69. The molecule has 0 spiro atoms. The summed E-state index contributed by atoms with van der Waals surface area (Å²) in [6.45, 7) is 3.08. The van der Waals surface area contributed by atoms with Gasteiger partial charge in [-0.15, -0.1) is 0 Å². The number of hydrogen-bond donors (Lipinski definition) is 0. The molecule has 5 rings (SSSR count). The van der Waals surface area contributed by atoms with Crippen molar-refractivity contribution < 1.29 is 18.7 Å². The van der Waals surface area contributed by atoms with Gasteiger partial charge in [0.25, 0.3) is 5.91 Å². The molecule has 3 aromatic carbocycles. The summed E-state index contributed by atoms with van der Waals surface area (Å²) in [7, 11) is 1.80. The highest BCUT2D eigenvalue weighted by Crippen LogP contribution is 2.40. The van der Waals surface area contributed by atoms with Gasteiger partial charge in [-0.2, -0.15) is 0 Å². The standard InChI is InChI=1S/C33H37FN2O3/c1-3-30(33(38)35(2)22-23-9-5-4-6-10-23)39-28-18-15-24-19-20-36(32(37)26-11-7-8-12-26)31(29(24)21-28)25-13-16-27(34)17-14-25/h4-6,9-10,13-18,21,26,30-31H,3,7-8,11-12,19-20,22H2,1-2H3/t30-,31-/m1/s1. The van der Waals surface area contributed by atoms with E-state index in [-0.39, 0.29) is 29.6 Å². The predicted octanol–water partition coefficient (Wildman–Crippen LogP) is 6.31. The number of nitrogens with zero attached hydrogens (tertiary/aromatic N) is 2. The Hall–Kier alpha value is -3.67. The average molecular weight is 529 g/mol. The van der Waals surface area contributed by atoms with Crippen molar-refractivity contribution in [3.63, 3.8) is 0 Å². The van der Waals surface area contributed by atoms with E-state index in [9.17, 15) is 14.0 Å². The predicted molar refractivity (Wildman–Crippen MR) is 150 cm³/mol. The van der Waals surface area contributed by atoms with Crippen LogP contribution in [0.4, 0.5) is 4.39 Å². The van der Waals surface area contributed by atoms with Crippen molar-refractivity contribution in [3.05, 3.63) is 101 Å². The molecule has 2 amide bonds. The van der Waals surface area contributed by atoms with Crippen molar-refractivity contribution in [1.82, 2.24) is 9.80 Å². The van der Waals surface area contributed by atoms with Crippen LogP contribution in [0.3, 0.4) is 0 Å². The van der Waals surface area contributed by atoms with E-state index in [4.69, 9.17) is 4.74 Å². The number of halogens is 1.